The predicted octanol–water partition coefficient (Wildman–Crippen LogP) is 2.76. The molecule has 3 nitrogen and oxygen atoms in total. The predicted molar refractivity (Wildman–Crippen MR) is 78.8 cm³/mol. The number of carbonyl (C=O) groups excluding carboxylic acids is 1. The Labute approximate surface area is 119 Å². The molecule has 19 heavy (non-hydrogen) atoms. The number of hydrogen-bond donors (Lipinski definition) is 2. The molecule has 0 bridgehead atoms. The normalized spacial score (nSPS) is 19.8. The largest absolute Gasteiger partial charge is 0.396 e. The molecule has 1 aliphatic carbocycles. The standard InChI is InChI=1S/C15H23NO2S/c1-10-5-6-12-13(9-19-14(12)8-10)15(18)16-11(2)4-3-7-17/h9-11,17H,3-8H2,1-2H3,(H,16,18). The van der Waals surface area contributed by atoms with Crippen LogP contribution in [0.4, 0.5) is 0 Å². The van der Waals surface area contributed by atoms with Gasteiger partial charge in [0.1, 0.15) is 0 Å². The molecule has 2 unspecified atom stereocenters. The summed E-state index contributed by atoms with van der Waals surface area (Å²) >= 11 is 1.73. The third kappa shape index (κ3) is 3.57. The van der Waals surface area contributed by atoms with Crippen LogP contribution in [0.25, 0.3) is 0 Å². The number of fused-ring (bicyclic) bond motifs is 1. The Hall–Kier alpha value is -0.870. The van der Waals surface area contributed by atoms with Gasteiger partial charge in [-0.3, -0.25) is 4.79 Å². The molecule has 2 N–H and O–H groups in total. The number of amides is 1. The van der Waals surface area contributed by atoms with E-state index >= 15 is 0 Å². The number of nitrogens with one attached hydrogen (secondary N) is 1. The van der Waals surface area contributed by atoms with Crippen molar-refractivity contribution in [2.24, 2.45) is 5.92 Å². The van der Waals surface area contributed by atoms with E-state index in [9.17, 15) is 4.79 Å². The van der Waals surface area contributed by atoms with Crippen LogP contribution in [0.5, 0.6) is 0 Å². The van der Waals surface area contributed by atoms with Crippen molar-refractivity contribution in [3.8, 4) is 0 Å². The van der Waals surface area contributed by atoms with E-state index in [0.29, 0.717) is 0 Å². The fraction of sp³-hybridized carbons (Fsp3) is 0.667. The molecule has 1 heterocycles. The molecule has 106 valence electrons. The molecule has 0 saturated carbocycles. The molecule has 0 fully saturated rings. The molecule has 1 amide bonds. The summed E-state index contributed by atoms with van der Waals surface area (Å²) in [5.74, 6) is 0.794. The van der Waals surface area contributed by atoms with Gasteiger partial charge in [-0.2, -0.15) is 0 Å². The van der Waals surface area contributed by atoms with Gasteiger partial charge in [0.05, 0.1) is 5.56 Å². The maximum Gasteiger partial charge on any atom is 0.252 e. The van der Waals surface area contributed by atoms with Crippen LogP contribution in [0.3, 0.4) is 0 Å². The van der Waals surface area contributed by atoms with Crippen molar-refractivity contribution in [3.05, 3.63) is 21.4 Å². The molecule has 1 aromatic rings. The van der Waals surface area contributed by atoms with Gasteiger partial charge in [-0.15, -0.1) is 11.3 Å². The smallest absolute Gasteiger partial charge is 0.252 e. The summed E-state index contributed by atoms with van der Waals surface area (Å²) in [4.78, 5) is 13.7. The highest BCUT2D eigenvalue weighted by Crippen LogP contribution is 2.32. The van der Waals surface area contributed by atoms with Gasteiger partial charge in [-0.1, -0.05) is 6.92 Å². The van der Waals surface area contributed by atoms with E-state index in [-0.39, 0.29) is 18.6 Å². The van der Waals surface area contributed by atoms with Crippen LogP contribution in [0, 0.1) is 5.92 Å². The summed E-state index contributed by atoms with van der Waals surface area (Å²) in [5, 5.41) is 13.9. The van der Waals surface area contributed by atoms with Gasteiger partial charge in [0.2, 0.25) is 0 Å². The molecule has 4 heteroatoms. The van der Waals surface area contributed by atoms with Crippen LogP contribution in [0.1, 0.15) is 53.9 Å². The number of carbonyl (C=O) groups is 1. The lowest BCUT2D eigenvalue weighted by atomic mass is 9.88. The number of rotatable bonds is 5. The van der Waals surface area contributed by atoms with Crippen LogP contribution >= 0.6 is 11.3 Å². The summed E-state index contributed by atoms with van der Waals surface area (Å²) in [6.07, 6.45) is 4.90. The monoisotopic (exact) mass is 281 g/mol. The fourth-order valence-corrected chi connectivity index (χ4v) is 3.88. The third-order valence-electron chi connectivity index (χ3n) is 3.82. The van der Waals surface area contributed by atoms with E-state index in [2.05, 4.69) is 12.2 Å². The summed E-state index contributed by atoms with van der Waals surface area (Å²) < 4.78 is 0. The average molecular weight is 281 g/mol. The number of aliphatic hydroxyl groups is 1. The topological polar surface area (TPSA) is 49.3 Å². The maximum absolute atomic E-state index is 12.3. The van der Waals surface area contributed by atoms with Gasteiger partial charge in [-0.25, -0.2) is 0 Å². The second kappa shape index (κ2) is 6.53. The van der Waals surface area contributed by atoms with Crippen molar-refractivity contribution in [1.29, 1.82) is 0 Å². The lowest BCUT2D eigenvalue weighted by Gasteiger charge is -2.19. The minimum Gasteiger partial charge on any atom is -0.396 e. The van der Waals surface area contributed by atoms with E-state index in [1.165, 1.54) is 16.9 Å². The van der Waals surface area contributed by atoms with Crippen LogP contribution < -0.4 is 5.32 Å². The van der Waals surface area contributed by atoms with E-state index in [1.54, 1.807) is 11.3 Å². The molecule has 0 saturated heterocycles. The number of hydrogen-bond acceptors (Lipinski definition) is 3. The van der Waals surface area contributed by atoms with E-state index in [1.807, 2.05) is 12.3 Å². The minimum atomic E-state index is 0.0532. The molecule has 0 spiro atoms. The van der Waals surface area contributed by atoms with Crippen LogP contribution in [-0.2, 0) is 12.8 Å². The summed E-state index contributed by atoms with van der Waals surface area (Å²) in [5.41, 5.74) is 2.15. The second-order valence-electron chi connectivity index (χ2n) is 5.64. The highest BCUT2D eigenvalue weighted by Gasteiger charge is 2.23. The average Bonchev–Trinajstić information content (AvgIpc) is 2.79. The molecule has 2 rings (SSSR count). The summed E-state index contributed by atoms with van der Waals surface area (Å²) in [6.45, 7) is 4.46. The van der Waals surface area contributed by atoms with Gasteiger partial charge in [0, 0.05) is 22.9 Å². The zero-order valence-corrected chi connectivity index (χ0v) is 12.6. The zero-order valence-electron chi connectivity index (χ0n) is 11.7. The van der Waals surface area contributed by atoms with Crippen molar-refractivity contribution in [1.82, 2.24) is 5.32 Å². The Morgan fingerprint density at radius 3 is 3.16 bits per heavy atom. The Morgan fingerprint density at radius 1 is 1.63 bits per heavy atom. The van der Waals surface area contributed by atoms with Gasteiger partial charge >= 0.3 is 0 Å². The Bertz CT molecular complexity index is 441. The quantitative estimate of drug-likeness (QED) is 0.872. The van der Waals surface area contributed by atoms with E-state index in [0.717, 1.165) is 37.2 Å². The lowest BCUT2D eigenvalue weighted by molar-refractivity contribution is 0.0935. The Balaban J connectivity index is 2.00. The summed E-state index contributed by atoms with van der Waals surface area (Å²) in [6, 6.07) is 0.123. The third-order valence-corrected chi connectivity index (χ3v) is 4.87. The van der Waals surface area contributed by atoms with Gasteiger partial charge < -0.3 is 10.4 Å². The Morgan fingerprint density at radius 2 is 2.42 bits per heavy atom. The molecule has 2 atom stereocenters. The van der Waals surface area contributed by atoms with Crippen molar-refractivity contribution >= 4 is 17.2 Å². The molecular weight excluding hydrogens is 258 g/mol. The first-order chi connectivity index (χ1) is 9.11. The van der Waals surface area contributed by atoms with E-state index < -0.39 is 0 Å². The van der Waals surface area contributed by atoms with Gasteiger partial charge in [0.25, 0.3) is 5.91 Å². The molecular formula is C15H23NO2S. The van der Waals surface area contributed by atoms with Crippen molar-refractivity contribution in [2.45, 2.75) is 52.0 Å². The maximum atomic E-state index is 12.3. The first kappa shape index (κ1) is 14.5. The van der Waals surface area contributed by atoms with Gasteiger partial charge in [0.15, 0.2) is 0 Å². The fourth-order valence-electron chi connectivity index (χ4n) is 2.64. The molecule has 0 radical (unpaired) electrons. The lowest BCUT2D eigenvalue weighted by Crippen LogP contribution is -2.33. The Kier molecular flexibility index (Phi) is 4.99. The number of aliphatic hydroxyl groups excluding tert-OH is 1. The first-order valence-electron chi connectivity index (χ1n) is 7.12. The van der Waals surface area contributed by atoms with Crippen LogP contribution in [0.15, 0.2) is 5.38 Å². The first-order valence-corrected chi connectivity index (χ1v) is 8.00. The van der Waals surface area contributed by atoms with E-state index in [4.69, 9.17) is 5.11 Å². The second-order valence-corrected chi connectivity index (χ2v) is 6.60. The number of thiophene rings is 1. The molecule has 1 aliphatic rings. The van der Waals surface area contributed by atoms with Crippen LogP contribution in [0.2, 0.25) is 0 Å². The highest BCUT2D eigenvalue weighted by atomic mass is 32.1. The summed E-state index contributed by atoms with van der Waals surface area (Å²) in [7, 11) is 0. The molecule has 0 aromatic carbocycles. The molecule has 1 aromatic heterocycles. The van der Waals surface area contributed by atoms with Crippen molar-refractivity contribution in [2.75, 3.05) is 6.61 Å². The highest BCUT2D eigenvalue weighted by molar-refractivity contribution is 7.10. The molecule has 0 aliphatic heterocycles. The van der Waals surface area contributed by atoms with Crippen LogP contribution in [-0.4, -0.2) is 23.7 Å². The van der Waals surface area contributed by atoms with Gasteiger partial charge in [-0.05, 0) is 50.5 Å². The zero-order chi connectivity index (χ0) is 13.8. The van der Waals surface area contributed by atoms with Crippen molar-refractivity contribution < 1.29 is 9.90 Å². The minimum absolute atomic E-state index is 0.0532. The SMILES string of the molecule is CC1CCc2c(C(=O)NC(C)CCCO)csc2C1. The van der Waals surface area contributed by atoms with Crippen molar-refractivity contribution in [3.63, 3.8) is 0 Å².